The van der Waals surface area contributed by atoms with E-state index in [1.165, 1.54) is 29.3 Å². The Hall–Kier alpha value is -0.800. The van der Waals surface area contributed by atoms with E-state index < -0.39 is 0 Å². The molecule has 0 spiro atoms. The van der Waals surface area contributed by atoms with Gasteiger partial charge in [-0.25, -0.2) is 0 Å². The lowest BCUT2D eigenvalue weighted by atomic mass is 10.2. The summed E-state index contributed by atoms with van der Waals surface area (Å²) in [5.41, 5.74) is 8.34. The van der Waals surface area contributed by atoms with Crippen LogP contribution in [0.15, 0.2) is 28.9 Å². The van der Waals surface area contributed by atoms with Crippen LogP contribution in [-0.4, -0.2) is 4.57 Å². The van der Waals surface area contributed by atoms with E-state index >= 15 is 0 Å². The number of halogens is 1. The highest BCUT2D eigenvalue weighted by Crippen LogP contribution is 2.40. The van der Waals surface area contributed by atoms with Gasteiger partial charge in [0.15, 0.2) is 0 Å². The Morgan fingerprint density at radius 3 is 2.87 bits per heavy atom. The molecule has 3 heteroatoms. The Morgan fingerprint density at radius 1 is 1.40 bits per heavy atom. The second-order valence-corrected chi connectivity index (χ2v) is 4.99. The van der Waals surface area contributed by atoms with Gasteiger partial charge >= 0.3 is 0 Å². The minimum atomic E-state index is 0.610. The molecule has 0 bridgehead atoms. The van der Waals surface area contributed by atoms with Gasteiger partial charge in [-0.05, 0) is 30.5 Å². The van der Waals surface area contributed by atoms with Crippen molar-refractivity contribution < 1.29 is 0 Å². The minimum Gasteiger partial charge on any atom is -0.344 e. The topological polar surface area (TPSA) is 30.9 Å². The van der Waals surface area contributed by atoms with Gasteiger partial charge in [0.05, 0.1) is 0 Å². The maximum Gasteiger partial charge on any atom is 0.0497 e. The number of nitrogens with two attached hydrogens (primary N) is 1. The number of hydrogen-bond donors (Lipinski definition) is 1. The molecule has 2 nitrogen and oxygen atoms in total. The van der Waals surface area contributed by atoms with Crippen LogP contribution in [0.5, 0.6) is 0 Å². The van der Waals surface area contributed by atoms with Crippen LogP contribution >= 0.6 is 15.9 Å². The van der Waals surface area contributed by atoms with Crippen molar-refractivity contribution in [1.82, 2.24) is 4.57 Å². The van der Waals surface area contributed by atoms with Gasteiger partial charge in [-0.3, -0.25) is 0 Å². The van der Waals surface area contributed by atoms with Gasteiger partial charge in [-0.15, -0.1) is 0 Å². The van der Waals surface area contributed by atoms with Crippen molar-refractivity contribution in [3.63, 3.8) is 0 Å². The molecule has 1 saturated carbocycles. The molecule has 0 aliphatic heterocycles. The molecule has 1 aromatic heterocycles. The van der Waals surface area contributed by atoms with Crippen molar-refractivity contribution in [3.05, 3.63) is 34.4 Å². The summed E-state index contributed by atoms with van der Waals surface area (Å²) in [6, 6.07) is 7.06. The van der Waals surface area contributed by atoms with Crippen LogP contribution in [0.1, 0.15) is 24.4 Å². The smallest absolute Gasteiger partial charge is 0.0497 e. The summed E-state index contributed by atoms with van der Waals surface area (Å²) in [5, 5.41) is 1.28. The largest absolute Gasteiger partial charge is 0.344 e. The number of fused-ring (bicyclic) bond motifs is 1. The summed E-state index contributed by atoms with van der Waals surface area (Å²) < 4.78 is 3.53. The standard InChI is InChI=1S/C12H13BrN2/c13-10-2-1-3-11-12(10)8(6-14)7-15(11)9-4-5-9/h1-3,7,9H,4-6,14H2. The quantitative estimate of drug-likeness (QED) is 0.888. The number of rotatable bonds is 2. The third-order valence-electron chi connectivity index (χ3n) is 3.05. The van der Waals surface area contributed by atoms with Crippen molar-refractivity contribution in [2.24, 2.45) is 5.73 Å². The van der Waals surface area contributed by atoms with Crippen LogP contribution in [0, 0.1) is 0 Å². The third kappa shape index (κ3) is 1.42. The van der Waals surface area contributed by atoms with Crippen molar-refractivity contribution in [2.45, 2.75) is 25.4 Å². The molecule has 1 aromatic carbocycles. The van der Waals surface area contributed by atoms with Crippen LogP contribution in [0.2, 0.25) is 0 Å². The van der Waals surface area contributed by atoms with E-state index in [4.69, 9.17) is 5.73 Å². The average molecular weight is 265 g/mol. The highest BCUT2D eigenvalue weighted by molar-refractivity contribution is 9.10. The molecular weight excluding hydrogens is 252 g/mol. The molecule has 78 valence electrons. The SMILES string of the molecule is NCc1cn(C2CC2)c2cccc(Br)c12. The average Bonchev–Trinajstić information content (AvgIpc) is 3.00. The Balaban J connectivity index is 2.33. The maximum atomic E-state index is 5.78. The third-order valence-corrected chi connectivity index (χ3v) is 3.71. The van der Waals surface area contributed by atoms with Gasteiger partial charge in [0.25, 0.3) is 0 Å². The van der Waals surface area contributed by atoms with Crippen LogP contribution in [-0.2, 0) is 6.54 Å². The number of nitrogens with zero attached hydrogens (tertiary/aromatic N) is 1. The molecule has 0 radical (unpaired) electrons. The highest BCUT2D eigenvalue weighted by atomic mass is 79.9. The summed E-state index contributed by atoms with van der Waals surface area (Å²) >= 11 is 3.60. The van der Waals surface area contributed by atoms with Gasteiger partial charge < -0.3 is 10.3 Å². The molecular formula is C12H13BrN2. The van der Waals surface area contributed by atoms with Crippen molar-refractivity contribution in [2.75, 3.05) is 0 Å². The van der Waals surface area contributed by atoms with Gasteiger partial charge in [-0.2, -0.15) is 0 Å². The fourth-order valence-corrected chi connectivity index (χ4v) is 2.77. The van der Waals surface area contributed by atoms with Gasteiger partial charge in [0.1, 0.15) is 0 Å². The molecule has 2 aromatic rings. The van der Waals surface area contributed by atoms with Gasteiger partial charge in [0, 0.05) is 34.2 Å². The second kappa shape index (κ2) is 3.35. The highest BCUT2D eigenvalue weighted by Gasteiger charge is 2.25. The van der Waals surface area contributed by atoms with E-state index in [2.05, 4.69) is 44.9 Å². The van der Waals surface area contributed by atoms with E-state index in [-0.39, 0.29) is 0 Å². The number of benzene rings is 1. The summed E-state index contributed by atoms with van der Waals surface area (Å²) in [6.07, 6.45) is 4.83. The first kappa shape index (κ1) is 9.43. The summed E-state index contributed by atoms with van der Waals surface area (Å²) in [4.78, 5) is 0. The number of hydrogen-bond acceptors (Lipinski definition) is 1. The Morgan fingerprint density at radius 2 is 2.20 bits per heavy atom. The minimum absolute atomic E-state index is 0.610. The van der Waals surface area contributed by atoms with E-state index in [9.17, 15) is 0 Å². The molecule has 1 heterocycles. The lowest BCUT2D eigenvalue weighted by molar-refractivity contribution is 0.771. The fourth-order valence-electron chi connectivity index (χ4n) is 2.16. The monoisotopic (exact) mass is 264 g/mol. The van der Waals surface area contributed by atoms with Crippen LogP contribution in [0.3, 0.4) is 0 Å². The van der Waals surface area contributed by atoms with Gasteiger partial charge in [0.2, 0.25) is 0 Å². The first-order valence-electron chi connectivity index (χ1n) is 5.29. The van der Waals surface area contributed by atoms with Crippen molar-refractivity contribution in [3.8, 4) is 0 Å². The predicted molar refractivity (Wildman–Crippen MR) is 65.8 cm³/mol. The molecule has 1 fully saturated rings. The fraction of sp³-hybridized carbons (Fsp3) is 0.333. The zero-order valence-electron chi connectivity index (χ0n) is 8.41. The summed E-state index contributed by atoms with van der Waals surface area (Å²) in [5.74, 6) is 0. The molecule has 1 aliphatic carbocycles. The van der Waals surface area contributed by atoms with Crippen LogP contribution in [0.25, 0.3) is 10.9 Å². The van der Waals surface area contributed by atoms with Crippen molar-refractivity contribution in [1.29, 1.82) is 0 Å². The van der Waals surface area contributed by atoms with Crippen LogP contribution < -0.4 is 5.73 Å². The Labute approximate surface area is 97.2 Å². The molecule has 3 rings (SSSR count). The predicted octanol–water partition coefficient (Wildman–Crippen LogP) is 3.20. The zero-order valence-corrected chi connectivity index (χ0v) is 10.00. The summed E-state index contributed by atoms with van der Waals surface area (Å²) in [6.45, 7) is 0.610. The second-order valence-electron chi connectivity index (χ2n) is 4.13. The van der Waals surface area contributed by atoms with Crippen LogP contribution in [0.4, 0.5) is 0 Å². The molecule has 0 saturated heterocycles. The Bertz CT molecular complexity index is 512. The number of aromatic nitrogens is 1. The normalized spacial score (nSPS) is 16.1. The van der Waals surface area contributed by atoms with Crippen molar-refractivity contribution >= 4 is 26.8 Å². The first-order valence-corrected chi connectivity index (χ1v) is 6.08. The van der Waals surface area contributed by atoms with E-state index in [1.807, 2.05) is 0 Å². The zero-order chi connectivity index (χ0) is 10.4. The Kier molecular flexibility index (Phi) is 2.11. The lowest BCUT2D eigenvalue weighted by Gasteiger charge is -2.02. The molecule has 15 heavy (non-hydrogen) atoms. The molecule has 0 unspecified atom stereocenters. The molecule has 1 aliphatic rings. The van der Waals surface area contributed by atoms with E-state index in [0.717, 1.165) is 4.47 Å². The van der Waals surface area contributed by atoms with Gasteiger partial charge in [-0.1, -0.05) is 22.0 Å². The first-order chi connectivity index (χ1) is 7.31. The molecule has 0 amide bonds. The van der Waals surface area contributed by atoms with E-state index in [0.29, 0.717) is 12.6 Å². The van der Waals surface area contributed by atoms with E-state index in [1.54, 1.807) is 0 Å². The summed E-state index contributed by atoms with van der Waals surface area (Å²) in [7, 11) is 0. The maximum absolute atomic E-state index is 5.78. The molecule has 0 atom stereocenters. The lowest BCUT2D eigenvalue weighted by Crippen LogP contribution is -1.95. The molecule has 2 N–H and O–H groups in total.